The van der Waals surface area contributed by atoms with Crippen LogP contribution in [0, 0.1) is 17.7 Å². The van der Waals surface area contributed by atoms with Gasteiger partial charge in [0.05, 0.1) is 35.8 Å². The Labute approximate surface area is 193 Å². The van der Waals surface area contributed by atoms with E-state index in [0.717, 1.165) is 38.4 Å². The van der Waals surface area contributed by atoms with Crippen molar-refractivity contribution >= 4 is 17.5 Å². The highest BCUT2D eigenvalue weighted by Crippen LogP contribution is 2.38. The summed E-state index contributed by atoms with van der Waals surface area (Å²) >= 11 is 0. The smallest absolute Gasteiger partial charge is 0.233 e. The fourth-order valence-corrected chi connectivity index (χ4v) is 5.19. The number of imide groups is 1. The molecule has 3 unspecified atom stereocenters. The Hall–Kier alpha value is -2.23. The van der Waals surface area contributed by atoms with E-state index in [-0.39, 0.29) is 36.6 Å². The fourth-order valence-electron chi connectivity index (χ4n) is 5.19. The largest absolute Gasteiger partial charge is 0.489 e. The molecule has 0 spiro atoms. The normalized spacial score (nSPS) is 28.5. The number of hydrogen-bond acceptors (Lipinski definition) is 7. The number of carbonyl (C=O) groups is 2. The summed E-state index contributed by atoms with van der Waals surface area (Å²) in [6, 6.07) is 4.61. The number of piperazine rings is 1. The van der Waals surface area contributed by atoms with Crippen molar-refractivity contribution in [1.29, 1.82) is 0 Å². The number of amides is 2. The molecule has 2 heterocycles. The van der Waals surface area contributed by atoms with Gasteiger partial charge in [0, 0.05) is 38.8 Å². The number of aliphatic hydroxyl groups is 2. The van der Waals surface area contributed by atoms with Crippen LogP contribution in [0.25, 0.3) is 0 Å². The first kappa shape index (κ1) is 23.9. The predicted octanol–water partition coefficient (Wildman–Crippen LogP) is 1.24. The van der Waals surface area contributed by atoms with Crippen molar-refractivity contribution in [1.82, 2.24) is 9.80 Å². The van der Waals surface area contributed by atoms with E-state index < -0.39 is 24.0 Å². The van der Waals surface area contributed by atoms with Gasteiger partial charge < -0.3 is 19.8 Å². The van der Waals surface area contributed by atoms with Crippen LogP contribution < -0.4 is 9.64 Å². The third kappa shape index (κ3) is 5.15. The lowest BCUT2D eigenvalue weighted by Gasteiger charge is -2.37. The lowest BCUT2D eigenvalue weighted by molar-refractivity contribution is -0.140. The fraction of sp³-hybridized carbons (Fsp3) is 0.667. The number of fused-ring (bicyclic) bond motifs is 1. The van der Waals surface area contributed by atoms with E-state index in [4.69, 9.17) is 4.74 Å². The van der Waals surface area contributed by atoms with Gasteiger partial charge in [0.25, 0.3) is 0 Å². The molecule has 1 aromatic carbocycles. The summed E-state index contributed by atoms with van der Waals surface area (Å²) in [5.41, 5.74) is 0.767. The molecule has 8 nitrogen and oxygen atoms in total. The number of aliphatic hydroxyl groups excluding tert-OH is 2. The maximum Gasteiger partial charge on any atom is 0.233 e. The molecule has 3 aliphatic rings. The van der Waals surface area contributed by atoms with Crippen LogP contribution in [0.15, 0.2) is 18.2 Å². The number of likely N-dealkylation sites (tertiary alicyclic amines) is 1. The minimum Gasteiger partial charge on any atom is -0.489 e. The second-order valence-electron chi connectivity index (χ2n) is 9.61. The summed E-state index contributed by atoms with van der Waals surface area (Å²) in [6.45, 7) is 8.06. The number of rotatable bonds is 7. The van der Waals surface area contributed by atoms with Gasteiger partial charge in [-0.15, -0.1) is 0 Å². The van der Waals surface area contributed by atoms with Crippen LogP contribution in [0.2, 0.25) is 0 Å². The monoisotopic (exact) mass is 463 g/mol. The van der Waals surface area contributed by atoms with E-state index in [1.807, 2.05) is 13.8 Å². The molecule has 0 radical (unpaired) electrons. The van der Waals surface area contributed by atoms with Crippen LogP contribution in [0.1, 0.15) is 33.1 Å². The average molecular weight is 464 g/mol. The second-order valence-corrected chi connectivity index (χ2v) is 9.61. The SMILES string of the molecule is CC(C)Oc1ccc(F)cc1N1CCN(CCCN2C(=O)C3CC(O)[C@H](O)CC3C2=O)CC1. The van der Waals surface area contributed by atoms with Gasteiger partial charge in [-0.05, 0) is 51.8 Å². The summed E-state index contributed by atoms with van der Waals surface area (Å²) in [7, 11) is 0. The number of carbonyl (C=O) groups excluding carboxylic acids is 2. The molecule has 1 saturated carbocycles. The zero-order valence-corrected chi connectivity index (χ0v) is 19.3. The lowest BCUT2D eigenvalue weighted by Crippen LogP contribution is -2.47. The van der Waals surface area contributed by atoms with Crippen LogP contribution in [0.4, 0.5) is 10.1 Å². The van der Waals surface area contributed by atoms with Gasteiger partial charge in [0.2, 0.25) is 11.8 Å². The molecule has 4 atom stereocenters. The highest BCUT2D eigenvalue weighted by Gasteiger charge is 2.51. The molecule has 33 heavy (non-hydrogen) atoms. The van der Waals surface area contributed by atoms with Gasteiger partial charge in [-0.25, -0.2) is 4.39 Å². The molecule has 9 heteroatoms. The molecular formula is C24H34FN3O5. The van der Waals surface area contributed by atoms with Crippen molar-refractivity contribution in [3.05, 3.63) is 24.0 Å². The van der Waals surface area contributed by atoms with Crippen LogP contribution in [-0.2, 0) is 9.59 Å². The Balaban J connectivity index is 1.27. The van der Waals surface area contributed by atoms with Gasteiger partial charge in [0.15, 0.2) is 0 Å². The number of halogens is 1. The number of ether oxygens (including phenoxy) is 1. The van der Waals surface area contributed by atoms with Gasteiger partial charge in [-0.3, -0.25) is 19.4 Å². The van der Waals surface area contributed by atoms with Crippen molar-refractivity contribution in [3.63, 3.8) is 0 Å². The first-order valence-corrected chi connectivity index (χ1v) is 11.9. The van der Waals surface area contributed by atoms with Gasteiger partial charge >= 0.3 is 0 Å². The van der Waals surface area contributed by atoms with E-state index in [0.29, 0.717) is 18.7 Å². The summed E-state index contributed by atoms with van der Waals surface area (Å²) in [4.78, 5) is 31.1. The first-order chi connectivity index (χ1) is 15.7. The highest BCUT2D eigenvalue weighted by molar-refractivity contribution is 6.05. The standard InChI is InChI=1S/C24H34FN3O5/c1-15(2)33-22-5-4-16(25)12-19(22)27-10-8-26(9-11-27)6-3-7-28-23(31)17-13-20(29)21(30)14-18(17)24(28)32/h4-5,12,15,17-18,20-21,29-30H,3,6-11,13-14H2,1-2H3/t17?,18?,20-,21?/m1/s1. The first-order valence-electron chi connectivity index (χ1n) is 11.9. The third-order valence-corrected chi connectivity index (χ3v) is 6.94. The van der Waals surface area contributed by atoms with Crippen LogP contribution in [0.5, 0.6) is 5.75 Å². The summed E-state index contributed by atoms with van der Waals surface area (Å²) in [5.74, 6) is -1.05. The van der Waals surface area contributed by atoms with E-state index in [2.05, 4.69) is 9.80 Å². The van der Waals surface area contributed by atoms with E-state index in [1.54, 1.807) is 6.07 Å². The minimum atomic E-state index is -0.941. The molecule has 2 amide bonds. The van der Waals surface area contributed by atoms with Crippen LogP contribution >= 0.6 is 0 Å². The number of hydrogen-bond donors (Lipinski definition) is 2. The number of benzene rings is 1. The maximum atomic E-state index is 13.9. The zero-order valence-electron chi connectivity index (χ0n) is 19.3. The summed E-state index contributed by atoms with van der Waals surface area (Å²) in [5, 5.41) is 19.7. The van der Waals surface area contributed by atoms with Crippen molar-refractivity contribution in [3.8, 4) is 5.75 Å². The van der Waals surface area contributed by atoms with Gasteiger partial charge in [-0.2, -0.15) is 0 Å². The van der Waals surface area contributed by atoms with Crippen molar-refractivity contribution in [2.45, 2.75) is 51.4 Å². The summed E-state index contributed by atoms with van der Waals surface area (Å²) < 4.78 is 19.7. The third-order valence-electron chi connectivity index (χ3n) is 6.94. The Kier molecular flexibility index (Phi) is 7.21. The van der Waals surface area contributed by atoms with Crippen molar-refractivity contribution < 1.29 is 28.9 Å². The Morgan fingerprint density at radius 1 is 1.00 bits per heavy atom. The van der Waals surface area contributed by atoms with E-state index >= 15 is 0 Å². The Morgan fingerprint density at radius 2 is 1.61 bits per heavy atom. The van der Waals surface area contributed by atoms with Crippen molar-refractivity contribution in [2.75, 3.05) is 44.2 Å². The summed E-state index contributed by atoms with van der Waals surface area (Å²) in [6.07, 6.45) is -0.909. The molecule has 2 saturated heterocycles. The molecule has 1 aromatic rings. The molecule has 2 N–H and O–H groups in total. The molecule has 0 aromatic heterocycles. The minimum absolute atomic E-state index is 0.00173. The Morgan fingerprint density at radius 3 is 2.18 bits per heavy atom. The molecule has 3 fully saturated rings. The molecule has 182 valence electrons. The number of anilines is 1. The number of nitrogens with zero attached hydrogens (tertiary/aromatic N) is 3. The van der Waals surface area contributed by atoms with Crippen LogP contribution in [-0.4, -0.2) is 89.4 Å². The topological polar surface area (TPSA) is 93.6 Å². The zero-order chi connectivity index (χ0) is 23.7. The van der Waals surface area contributed by atoms with Crippen molar-refractivity contribution in [2.24, 2.45) is 11.8 Å². The average Bonchev–Trinajstić information content (AvgIpc) is 3.00. The second kappa shape index (κ2) is 9.95. The van der Waals surface area contributed by atoms with Gasteiger partial charge in [-0.1, -0.05) is 0 Å². The predicted molar refractivity (Wildman–Crippen MR) is 120 cm³/mol. The maximum absolute atomic E-state index is 13.9. The lowest BCUT2D eigenvalue weighted by atomic mass is 9.78. The van der Waals surface area contributed by atoms with Gasteiger partial charge in [0.1, 0.15) is 11.6 Å². The molecule has 1 aliphatic carbocycles. The molecule has 0 bridgehead atoms. The van der Waals surface area contributed by atoms with E-state index in [1.165, 1.54) is 17.0 Å². The Bertz CT molecular complexity index is 846. The molecular weight excluding hydrogens is 429 g/mol. The van der Waals surface area contributed by atoms with Crippen LogP contribution in [0.3, 0.4) is 0 Å². The van der Waals surface area contributed by atoms with E-state index in [9.17, 15) is 24.2 Å². The molecule has 2 aliphatic heterocycles. The quantitative estimate of drug-likeness (QED) is 0.588. The highest BCUT2D eigenvalue weighted by atomic mass is 19.1. The molecule has 4 rings (SSSR count).